The SMILES string of the molecule is CCCC(=O)N[C@@H](CO[C@@H]1OC(CO)[C@H](O)[C@H](O)C1NC(=O)CS)C(=O)C[C@@H](Cc1ccccc1)C(N)=O. The van der Waals surface area contributed by atoms with E-state index in [2.05, 4.69) is 23.3 Å². The maximum Gasteiger partial charge on any atom is 0.230 e. The molecule has 0 spiro atoms. The molecule has 7 atom stereocenters. The molecule has 1 aliphatic rings. The number of hydrogen-bond donors (Lipinski definition) is 7. The van der Waals surface area contributed by atoms with Crippen LogP contribution in [0, 0.1) is 5.92 Å². The molecule has 13 heteroatoms. The topological polar surface area (TPSA) is 198 Å². The first-order valence-electron chi connectivity index (χ1n) is 12.4. The monoisotopic (exact) mass is 555 g/mol. The molecule has 3 amide bonds. The van der Waals surface area contributed by atoms with Crippen molar-refractivity contribution in [3.8, 4) is 0 Å². The van der Waals surface area contributed by atoms with Gasteiger partial charge >= 0.3 is 0 Å². The Morgan fingerprint density at radius 1 is 1.13 bits per heavy atom. The molecule has 0 radical (unpaired) electrons. The van der Waals surface area contributed by atoms with Crippen LogP contribution in [0.1, 0.15) is 31.7 Å². The van der Waals surface area contributed by atoms with Crippen molar-refractivity contribution in [2.75, 3.05) is 19.0 Å². The number of rotatable bonds is 15. The number of ketones is 1. The molecule has 2 rings (SSSR count). The average Bonchev–Trinajstić information content (AvgIpc) is 2.90. The summed E-state index contributed by atoms with van der Waals surface area (Å²) in [5.41, 5.74) is 6.37. The van der Waals surface area contributed by atoms with Crippen LogP contribution in [0.4, 0.5) is 0 Å². The lowest BCUT2D eigenvalue weighted by molar-refractivity contribution is -0.270. The summed E-state index contributed by atoms with van der Waals surface area (Å²) in [6.07, 6.45) is -5.08. The predicted molar refractivity (Wildman–Crippen MR) is 139 cm³/mol. The van der Waals surface area contributed by atoms with Crippen molar-refractivity contribution in [2.24, 2.45) is 11.7 Å². The minimum atomic E-state index is -1.57. The smallest absolute Gasteiger partial charge is 0.230 e. The van der Waals surface area contributed by atoms with Gasteiger partial charge in [0, 0.05) is 18.8 Å². The lowest BCUT2D eigenvalue weighted by Crippen LogP contribution is -2.65. The van der Waals surface area contributed by atoms with Crippen molar-refractivity contribution < 1.29 is 44.0 Å². The van der Waals surface area contributed by atoms with E-state index in [-0.39, 0.29) is 25.0 Å². The molecule has 0 bridgehead atoms. The van der Waals surface area contributed by atoms with Crippen molar-refractivity contribution >= 4 is 36.1 Å². The highest BCUT2D eigenvalue weighted by Gasteiger charge is 2.46. The Morgan fingerprint density at radius 2 is 1.82 bits per heavy atom. The number of amides is 3. The van der Waals surface area contributed by atoms with Gasteiger partial charge in [-0.05, 0) is 18.4 Å². The van der Waals surface area contributed by atoms with Gasteiger partial charge < -0.3 is 41.2 Å². The first-order valence-corrected chi connectivity index (χ1v) is 13.0. The number of ether oxygens (including phenoxy) is 2. The van der Waals surface area contributed by atoms with Crippen LogP contribution in [-0.2, 0) is 35.1 Å². The fourth-order valence-electron chi connectivity index (χ4n) is 4.07. The third-order valence-corrected chi connectivity index (χ3v) is 6.44. The van der Waals surface area contributed by atoms with Crippen LogP contribution in [0.15, 0.2) is 30.3 Å². The first kappa shape index (κ1) is 31.7. The maximum absolute atomic E-state index is 13.3. The number of aliphatic hydroxyl groups is 3. The Kier molecular flexibility index (Phi) is 13.1. The molecule has 1 aliphatic heterocycles. The van der Waals surface area contributed by atoms with Gasteiger partial charge in [0.15, 0.2) is 12.1 Å². The third-order valence-electron chi connectivity index (χ3n) is 6.16. The van der Waals surface area contributed by atoms with E-state index in [1.807, 2.05) is 6.07 Å². The zero-order valence-electron chi connectivity index (χ0n) is 21.2. The second-order valence-electron chi connectivity index (χ2n) is 9.12. The summed E-state index contributed by atoms with van der Waals surface area (Å²) in [4.78, 5) is 49.6. The van der Waals surface area contributed by atoms with Crippen molar-refractivity contribution in [2.45, 2.75) is 69.3 Å². The second-order valence-corrected chi connectivity index (χ2v) is 9.44. The van der Waals surface area contributed by atoms with Crippen LogP contribution < -0.4 is 16.4 Å². The molecule has 1 saturated heterocycles. The van der Waals surface area contributed by atoms with Crippen LogP contribution in [0.25, 0.3) is 0 Å². The van der Waals surface area contributed by atoms with Crippen LogP contribution >= 0.6 is 12.6 Å². The van der Waals surface area contributed by atoms with Gasteiger partial charge in [-0.2, -0.15) is 12.6 Å². The Balaban J connectivity index is 2.20. The molecular formula is C25H37N3O9S. The number of hydrogen-bond acceptors (Lipinski definition) is 10. The van der Waals surface area contributed by atoms with Gasteiger partial charge in [-0.1, -0.05) is 37.3 Å². The van der Waals surface area contributed by atoms with Crippen molar-refractivity contribution in [3.63, 3.8) is 0 Å². The van der Waals surface area contributed by atoms with Crippen LogP contribution in [0.2, 0.25) is 0 Å². The van der Waals surface area contributed by atoms with E-state index in [4.69, 9.17) is 15.2 Å². The minimum Gasteiger partial charge on any atom is -0.394 e. The van der Waals surface area contributed by atoms with Gasteiger partial charge in [0.05, 0.1) is 19.0 Å². The number of aliphatic hydroxyl groups excluding tert-OH is 3. The molecule has 12 nitrogen and oxygen atoms in total. The zero-order chi connectivity index (χ0) is 28.2. The first-order chi connectivity index (χ1) is 18.1. The molecule has 38 heavy (non-hydrogen) atoms. The molecule has 212 valence electrons. The van der Waals surface area contributed by atoms with Crippen molar-refractivity contribution in [1.82, 2.24) is 10.6 Å². The number of Topliss-reactive ketones (excluding diaryl/α,β-unsaturated/α-hetero) is 1. The molecule has 1 fully saturated rings. The maximum atomic E-state index is 13.3. The van der Waals surface area contributed by atoms with E-state index in [9.17, 15) is 34.5 Å². The molecule has 7 N–H and O–H groups in total. The summed E-state index contributed by atoms with van der Waals surface area (Å²) >= 11 is 3.88. The summed E-state index contributed by atoms with van der Waals surface area (Å²) in [6.45, 7) is 0.701. The highest BCUT2D eigenvalue weighted by atomic mass is 32.1. The standard InChI is InChI=1S/C25H37N3O9S/c1-2-6-19(31)27-16(17(30)10-15(24(26)35)9-14-7-4-3-5-8-14)12-36-25-21(28-20(32)13-38)23(34)22(33)18(11-29)37-25/h3-5,7-8,15-16,18,21-23,25,29,33-34,38H,2,6,9-13H2,1H3,(H2,26,35)(H,27,31)(H,28,32)/t15-,16+,18?,21?,22+,23-,25-/m1/s1. The number of nitrogens with two attached hydrogens (primary N) is 1. The second kappa shape index (κ2) is 15.8. The predicted octanol–water partition coefficient (Wildman–Crippen LogP) is -1.56. The van der Waals surface area contributed by atoms with Crippen LogP contribution in [-0.4, -0.2) is 94.5 Å². The number of benzene rings is 1. The lowest BCUT2D eigenvalue weighted by atomic mass is 9.91. The third kappa shape index (κ3) is 9.33. The van der Waals surface area contributed by atoms with Gasteiger partial charge in [0.25, 0.3) is 0 Å². The number of primary amides is 1. The van der Waals surface area contributed by atoms with Gasteiger partial charge in [0.2, 0.25) is 17.7 Å². The van der Waals surface area contributed by atoms with Gasteiger partial charge in [-0.25, -0.2) is 0 Å². The van der Waals surface area contributed by atoms with Crippen molar-refractivity contribution in [1.29, 1.82) is 0 Å². The fraction of sp³-hybridized carbons (Fsp3) is 0.600. The molecule has 1 aromatic carbocycles. The fourth-order valence-corrected chi connectivity index (χ4v) is 4.16. The van der Waals surface area contributed by atoms with E-state index in [1.54, 1.807) is 31.2 Å². The Hall–Kier alpha value is -2.55. The van der Waals surface area contributed by atoms with Gasteiger partial charge in [-0.15, -0.1) is 0 Å². The van der Waals surface area contributed by atoms with E-state index < -0.39 is 79.3 Å². The van der Waals surface area contributed by atoms with E-state index in [0.29, 0.717) is 6.42 Å². The van der Waals surface area contributed by atoms with Gasteiger partial charge in [-0.3, -0.25) is 19.2 Å². The Bertz CT molecular complexity index is 936. The summed E-state index contributed by atoms with van der Waals surface area (Å²) in [5.74, 6) is -3.24. The number of carbonyl (C=O) groups excluding carboxylic acids is 4. The van der Waals surface area contributed by atoms with Crippen LogP contribution in [0.5, 0.6) is 0 Å². The normalized spacial score (nSPS) is 24.7. The van der Waals surface area contributed by atoms with E-state index in [0.717, 1.165) is 5.56 Å². The molecule has 0 aromatic heterocycles. The molecule has 1 heterocycles. The van der Waals surface area contributed by atoms with Crippen LogP contribution in [0.3, 0.4) is 0 Å². The summed E-state index contributed by atoms with van der Waals surface area (Å²) in [7, 11) is 0. The highest BCUT2D eigenvalue weighted by Crippen LogP contribution is 2.23. The molecule has 1 aromatic rings. The highest BCUT2D eigenvalue weighted by molar-refractivity contribution is 7.81. The van der Waals surface area contributed by atoms with E-state index >= 15 is 0 Å². The Labute approximate surface area is 226 Å². The molecular weight excluding hydrogens is 518 g/mol. The number of nitrogens with one attached hydrogen (secondary N) is 2. The van der Waals surface area contributed by atoms with Crippen molar-refractivity contribution in [3.05, 3.63) is 35.9 Å². The molecule has 0 aliphatic carbocycles. The lowest BCUT2D eigenvalue weighted by Gasteiger charge is -2.42. The molecule has 0 saturated carbocycles. The number of carbonyl (C=O) groups is 4. The summed E-state index contributed by atoms with van der Waals surface area (Å²) in [6, 6.07) is 6.58. The average molecular weight is 556 g/mol. The number of thiol groups is 1. The quantitative estimate of drug-likeness (QED) is 0.125. The Morgan fingerprint density at radius 3 is 2.39 bits per heavy atom. The summed E-state index contributed by atoms with van der Waals surface area (Å²) in [5, 5.41) is 35.3. The minimum absolute atomic E-state index is 0.144. The van der Waals surface area contributed by atoms with E-state index in [1.165, 1.54) is 0 Å². The largest absolute Gasteiger partial charge is 0.394 e. The summed E-state index contributed by atoms with van der Waals surface area (Å²) < 4.78 is 11.3. The molecule has 2 unspecified atom stereocenters. The zero-order valence-corrected chi connectivity index (χ0v) is 22.1. The van der Waals surface area contributed by atoms with Gasteiger partial charge in [0.1, 0.15) is 30.4 Å².